The lowest BCUT2D eigenvalue weighted by Gasteiger charge is -2.02. The van der Waals surface area contributed by atoms with Crippen LogP contribution < -0.4 is 0 Å². The number of rotatable bonds is 3. The van der Waals surface area contributed by atoms with Crippen molar-refractivity contribution in [2.24, 2.45) is 0 Å². The van der Waals surface area contributed by atoms with Crippen LogP contribution in [-0.4, -0.2) is 19.2 Å². The minimum atomic E-state index is -0.709. The molecule has 0 aliphatic carbocycles. The summed E-state index contributed by atoms with van der Waals surface area (Å²) in [5.41, 5.74) is 0.0943. The summed E-state index contributed by atoms with van der Waals surface area (Å²) in [5.74, 6) is -0.153. The molecule has 0 fully saturated rings. The van der Waals surface area contributed by atoms with E-state index < -0.39 is 6.67 Å². The third-order valence-corrected chi connectivity index (χ3v) is 0.771. The number of halogens is 1. The normalized spacial score (nSPS) is 8.67. The molecule has 0 aromatic carbocycles. The van der Waals surface area contributed by atoms with Crippen molar-refractivity contribution in [3.63, 3.8) is 0 Å². The zero-order valence-corrected chi connectivity index (χ0v) is 5.41. The lowest BCUT2D eigenvalue weighted by Crippen LogP contribution is -2.06. The molecular formula is C6H10FNO. The number of alkyl halides is 1. The molecule has 0 atom stereocenters. The maximum atomic E-state index is 11.6. The van der Waals surface area contributed by atoms with Crippen LogP contribution in [0.25, 0.3) is 0 Å². The van der Waals surface area contributed by atoms with Crippen molar-refractivity contribution in [1.29, 1.82) is 5.41 Å². The molecule has 1 N–H and O–H groups in total. The van der Waals surface area contributed by atoms with E-state index in [2.05, 4.69) is 11.3 Å². The summed E-state index contributed by atoms with van der Waals surface area (Å²) >= 11 is 0. The van der Waals surface area contributed by atoms with Gasteiger partial charge in [-0.3, -0.25) is 5.41 Å². The highest BCUT2D eigenvalue weighted by molar-refractivity contribution is 5.90. The Balaban J connectivity index is 3.60. The molecule has 0 aliphatic rings. The molecule has 0 unspecified atom stereocenters. The first-order valence-corrected chi connectivity index (χ1v) is 2.67. The third kappa shape index (κ3) is 2.85. The molecule has 0 aromatic rings. The number of hydrogen-bond donors (Lipinski definition) is 1. The standard InChI is InChI=1S/C6H10FNO/c1-3-9-6(8)5(2)4-7/h8H,2-4H2,1H3. The Kier molecular flexibility index (Phi) is 3.67. The number of nitrogens with one attached hydrogen (secondary N) is 1. The van der Waals surface area contributed by atoms with E-state index in [-0.39, 0.29) is 11.5 Å². The largest absolute Gasteiger partial charge is 0.478 e. The van der Waals surface area contributed by atoms with Gasteiger partial charge in [-0.05, 0) is 6.92 Å². The average molecular weight is 131 g/mol. The van der Waals surface area contributed by atoms with Crippen LogP contribution in [0.4, 0.5) is 4.39 Å². The van der Waals surface area contributed by atoms with Crippen molar-refractivity contribution in [3.8, 4) is 0 Å². The van der Waals surface area contributed by atoms with Gasteiger partial charge < -0.3 is 4.74 Å². The van der Waals surface area contributed by atoms with E-state index in [1.165, 1.54) is 0 Å². The second-order valence-corrected chi connectivity index (χ2v) is 1.50. The van der Waals surface area contributed by atoms with Gasteiger partial charge >= 0.3 is 0 Å². The Morgan fingerprint density at radius 3 is 2.67 bits per heavy atom. The highest BCUT2D eigenvalue weighted by Gasteiger charge is 1.99. The van der Waals surface area contributed by atoms with Crippen molar-refractivity contribution in [2.45, 2.75) is 6.92 Å². The van der Waals surface area contributed by atoms with E-state index in [1.807, 2.05) is 0 Å². The summed E-state index contributed by atoms with van der Waals surface area (Å²) in [4.78, 5) is 0. The number of ether oxygens (including phenoxy) is 1. The maximum absolute atomic E-state index is 11.6. The summed E-state index contributed by atoms with van der Waals surface area (Å²) in [7, 11) is 0. The van der Waals surface area contributed by atoms with Crippen molar-refractivity contribution < 1.29 is 9.13 Å². The highest BCUT2D eigenvalue weighted by Crippen LogP contribution is 1.94. The predicted molar refractivity (Wildman–Crippen MR) is 34.5 cm³/mol. The Bertz CT molecular complexity index is 122. The van der Waals surface area contributed by atoms with Crippen LogP contribution in [0.5, 0.6) is 0 Å². The fraction of sp³-hybridized carbons (Fsp3) is 0.500. The van der Waals surface area contributed by atoms with E-state index in [4.69, 9.17) is 5.41 Å². The average Bonchev–Trinajstić information content (AvgIpc) is 1.87. The molecular weight excluding hydrogens is 121 g/mol. The Morgan fingerprint density at radius 2 is 2.33 bits per heavy atom. The second kappa shape index (κ2) is 4.06. The third-order valence-electron chi connectivity index (χ3n) is 0.771. The molecule has 0 saturated carbocycles. The maximum Gasteiger partial charge on any atom is 0.211 e. The molecule has 0 amide bonds. The van der Waals surface area contributed by atoms with Crippen LogP contribution in [0.3, 0.4) is 0 Å². The van der Waals surface area contributed by atoms with Gasteiger partial charge in [0, 0.05) is 5.57 Å². The summed E-state index contributed by atoms with van der Waals surface area (Å²) in [6.07, 6.45) is 0. The SMILES string of the molecule is C=C(CF)C(=N)OCC. The highest BCUT2D eigenvalue weighted by atomic mass is 19.1. The lowest BCUT2D eigenvalue weighted by molar-refractivity contribution is 0.321. The summed E-state index contributed by atoms with van der Waals surface area (Å²) in [6, 6.07) is 0. The van der Waals surface area contributed by atoms with E-state index in [1.54, 1.807) is 6.92 Å². The zero-order valence-electron chi connectivity index (χ0n) is 5.41. The van der Waals surface area contributed by atoms with Crippen LogP contribution in [0, 0.1) is 5.41 Å². The van der Waals surface area contributed by atoms with Gasteiger partial charge in [0.1, 0.15) is 6.67 Å². The molecule has 9 heavy (non-hydrogen) atoms. The summed E-state index contributed by atoms with van der Waals surface area (Å²) in [5, 5.41) is 6.93. The molecule has 3 heteroatoms. The summed E-state index contributed by atoms with van der Waals surface area (Å²) < 4.78 is 16.3. The van der Waals surface area contributed by atoms with Crippen LogP contribution >= 0.6 is 0 Å². The molecule has 0 aliphatic heterocycles. The van der Waals surface area contributed by atoms with Gasteiger partial charge in [0.2, 0.25) is 5.90 Å². The molecule has 0 aromatic heterocycles. The predicted octanol–water partition coefficient (Wildman–Crippen LogP) is 1.53. The molecule has 0 spiro atoms. The van der Waals surface area contributed by atoms with Gasteiger partial charge in [0.15, 0.2) is 0 Å². The minimum Gasteiger partial charge on any atom is -0.478 e. The van der Waals surface area contributed by atoms with E-state index in [0.29, 0.717) is 6.61 Å². The van der Waals surface area contributed by atoms with Gasteiger partial charge in [-0.25, -0.2) is 4.39 Å². The molecule has 0 heterocycles. The topological polar surface area (TPSA) is 33.1 Å². The molecule has 0 saturated heterocycles. The van der Waals surface area contributed by atoms with E-state index >= 15 is 0 Å². The van der Waals surface area contributed by atoms with Gasteiger partial charge in [-0.15, -0.1) is 0 Å². The fourth-order valence-corrected chi connectivity index (χ4v) is 0.307. The summed E-state index contributed by atoms with van der Waals surface area (Å²) in [6.45, 7) is 4.68. The molecule has 52 valence electrons. The number of hydrogen-bond acceptors (Lipinski definition) is 2. The minimum absolute atomic E-state index is 0.0943. The zero-order chi connectivity index (χ0) is 7.28. The van der Waals surface area contributed by atoms with Crippen LogP contribution in [-0.2, 0) is 4.74 Å². The van der Waals surface area contributed by atoms with Crippen molar-refractivity contribution >= 4 is 5.90 Å². The van der Waals surface area contributed by atoms with Crippen molar-refractivity contribution in [3.05, 3.63) is 12.2 Å². The first kappa shape index (κ1) is 8.14. The van der Waals surface area contributed by atoms with Crippen LogP contribution in [0.1, 0.15) is 6.92 Å². The second-order valence-electron chi connectivity index (χ2n) is 1.50. The fourth-order valence-electron chi connectivity index (χ4n) is 0.307. The molecule has 0 radical (unpaired) electrons. The first-order valence-electron chi connectivity index (χ1n) is 2.67. The van der Waals surface area contributed by atoms with Gasteiger partial charge in [-0.1, -0.05) is 6.58 Å². The quantitative estimate of drug-likeness (QED) is 0.457. The van der Waals surface area contributed by atoms with Gasteiger partial charge in [-0.2, -0.15) is 0 Å². The van der Waals surface area contributed by atoms with Crippen molar-refractivity contribution in [1.82, 2.24) is 0 Å². The first-order chi connectivity index (χ1) is 4.22. The van der Waals surface area contributed by atoms with Gasteiger partial charge in [0.25, 0.3) is 0 Å². The Labute approximate surface area is 53.8 Å². The van der Waals surface area contributed by atoms with Gasteiger partial charge in [0.05, 0.1) is 6.61 Å². The Hall–Kier alpha value is -0.860. The molecule has 2 nitrogen and oxygen atoms in total. The van der Waals surface area contributed by atoms with Crippen LogP contribution in [0.2, 0.25) is 0 Å². The lowest BCUT2D eigenvalue weighted by atomic mass is 10.3. The molecule has 0 rings (SSSR count). The van der Waals surface area contributed by atoms with E-state index in [9.17, 15) is 4.39 Å². The monoisotopic (exact) mass is 131 g/mol. The van der Waals surface area contributed by atoms with Crippen molar-refractivity contribution in [2.75, 3.05) is 13.3 Å². The molecule has 0 bridgehead atoms. The van der Waals surface area contributed by atoms with E-state index in [0.717, 1.165) is 0 Å². The Morgan fingerprint density at radius 1 is 1.78 bits per heavy atom. The smallest absolute Gasteiger partial charge is 0.211 e. The van der Waals surface area contributed by atoms with Crippen LogP contribution in [0.15, 0.2) is 12.2 Å².